The van der Waals surface area contributed by atoms with Crippen molar-refractivity contribution < 1.29 is 19.1 Å². The first-order valence-electron chi connectivity index (χ1n) is 6.99. The van der Waals surface area contributed by atoms with Crippen molar-refractivity contribution in [2.45, 2.75) is 46.6 Å². The van der Waals surface area contributed by atoms with Crippen LogP contribution in [0.4, 0.5) is 0 Å². The first-order valence-corrected chi connectivity index (χ1v) is 6.99. The number of rotatable bonds is 3. The molecule has 1 aromatic heterocycles. The number of aromatic nitrogens is 1. The highest BCUT2D eigenvalue weighted by molar-refractivity contribution is 5.90. The molecule has 1 aliphatic carbocycles. The molecule has 0 fully saturated rings. The van der Waals surface area contributed by atoms with Gasteiger partial charge in [-0.15, -0.1) is 0 Å². The predicted octanol–water partition coefficient (Wildman–Crippen LogP) is 2.69. The molecule has 0 bridgehead atoms. The largest absolute Gasteiger partial charge is 0.461 e. The van der Waals surface area contributed by atoms with Gasteiger partial charge in [-0.3, -0.25) is 4.79 Å². The van der Waals surface area contributed by atoms with E-state index in [0.717, 1.165) is 29.7 Å². The fourth-order valence-electron chi connectivity index (χ4n) is 2.82. The number of esters is 2. The number of fused-ring (bicyclic) bond motifs is 1. The number of H-pyrrole nitrogens is 1. The Labute approximate surface area is 118 Å². The zero-order valence-electron chi connectivity index (χ0n) is 12.4. The monoisotopic (exact) mass is 279 g/mol. The van der Waals surface area contributed by atoms with Crippen LogP contribution in [0.5, 0.6) is 0 Å². The lowest BCUT2D eigenvalue weighted by Crippen LogP contribution is -2.20. The minimum Gasteiger partial charge on any atom is -0.461 e. The van der Waals surface area contributed by atoms with Gasteiger partial charge in [-0.25, -0.2) is 4.79 Å². The van der Waals surface area contributed by atoms with Gasteiger partial charge in [0.1, 0.15) is 11.8 Å². The van der Waals surface area contributed by atoms with Crippen molar-refractivity contribution in [1.29, 1.82) is 0 Å². The van der Waals surface area contributed by atoms with Crippen LogP contribution in [0.15, 0.2) is 0 Å². The Morgan fingerprint density at radius 1 is 1.40 bits per heavy atom. The number of nitrogens with one attached hydrogen (secondary N) is 1. The Bertz CT molecular complexity index is 532. The number of carbonyl (C=O) groups is 2. The maximum Gasteiger partial charge on any atom is 0.355 e. The summed E-state index contributed by atoms with van der Waals surface area (Å²) in [6.07, 6.45) is 1.36. The Kier molecular flexibility index (Phi) is 4.16. The molecule has 2 unspecified atom stereocenters. The van der Waals surface area contributed by atoms with E-state index in [2.05, 4.69) is 11.9 Å². The number of hydrogen-bond donors (Lipinski definition) is 1. The van der Waals surface area contributed by atoms with Gasteiger partial charge >= 0.3 is 11.9 Å². The van der Waals surface area contributed by atoms with Crippen LogP contribution in [-0.4, -0.2) is 23.5 Å². The zero-order valence-corrected chi connectivity index (χ0v) is 12.4. The topological polar surface area (TPSA) is 68.4 Å². The smallest absolute Gasteiger partial charge is 0.355 e. The molecule has 0 saturated carbocycles. The van der Waals surface area contributed by atoms with E-state index in [1.165, 1.54) is 6.92 Å². The second-order valence-electron chi connectivity index (χ2n) is 5.38. The van der Waals surface area contributed by atoms with Gasteiger partial charge in [-0.1, -0.05) is 6.92 Å². The van der Waals surface area contributed by atoms with Crippen LogP contribution in [0.25, 0.3) is 0 Å². The second kappa shape index (κ2) is 5.69. The van der Waals surface area contributed by atoms with Crippen molar-refractivity contribution in [1.82, 2.24) is 4.98 Å². The van der Waals surface area contributed by atoms with Crippen LogP contribution in [0.2, 0.25) is 0 Å². The van der Waals surface area contributed by atoms with Crippen LogP contribution in [-0.2, 0) is 20.7 Å². The van der Waals surface area contributed by atoms with Crippen LogP contribution in [0, 0.1) is 12.8 Å². The third-order valence-corrected chi connectivity index (χ3v) is 3.69. The van der Waals surface area contributed by atoms with E-state index in [1.54, 1.807) is 6.92 Å². The molecule has 0 saturated heterocycles. The average molecular weight is 279 g/mol. The maximum absolute atomic E-state index is 11.9. The Hall–Kier alpha value is -1.78. The first-order chi connectivity index (χ1) is 9.43. The molecule has 0 radical (unpaired) electrons. The fraction of sp³-hybridized carbons (Fsp3) is 0.600. The van der Waals surface area contributed by atoms with Crippen molar-refractivity contribution in [3.63, 3.8) is 0 Å². The molecule has 0 spiro atoms. The van der Waals surface area contributed by atoms with Crippen molar-refractivity contribution >= 4 is 11.9 Å². The summed E-state index contributed by atoms with van der Waals surface area (Å²) in [4.78, 5) is 26.3. The fourth-order valence-corrected chi connectivity index (χ4v) is 2.82. The molecule has 1 heterocycles. The number of carbonyl (C=O) groups excluding carboxylic acids is 2. The van der Waals surface area contributed by atoms with Crippen LogP contribution in [0.3, 0.4) is 0 Å². The van der Waals surface area contributed by atoms with Gasteiger partial charge in [-0.05, 0) is 43.7 Å². The van der Waals surface area contributed by atoms with Crippen molar-refractivity contribution in [2.24, 2.45) is 5.92 Å². The molecule has 0 aromatic carbocycles. The van der Waals surface area contributed by atoms with E-state index in [9.17, 15) is 9.59 Å². The summed E-state index contributed by atoms with van der Waals surface area (Å²) in [7, 11) is 0. The highest BCUT2D eigenvalue weighted by atomic mass is 16.5. The van der Waals surface area contributed by atoms with Crippen molar-refractivity contribution in [3.05, 3.63) is 22.5 Å². The predicted molar refractivity (Wildman–Crippen MR) is 73.5 cm³/mol. The standard InChI is InChI=1S/C15H21NO4/c1-5-19-15(18)13-9(3)11-6-8(2)7-12(14(11)16-13)20-10(4)17/h8,12,16H,5-7H2,1-4H3. The quantitative estimate of drug-likeness (QED) is 0.864. The molecule has 5 heteroatoms. The maximum atomic E-state index is 11.9. The normalized spacial score (nSPS) is 21.2. The van der Waals surface area contributed by atoms with Gasteiger partial charge in [-0.2, -0.15) is 0 Å². The molecule has 0 aliphatic heterocycles. The van der Waals surface area contributed by atoms with Crippen molar-refractivity contribution in [2.75, 3.05) is 6.61 Å². The molecule has 1 N–H and O–H groups in total. The molecular formula is C15H21NO4. The molecule has 0 amide bonds. The van der Waals surface area contributed by atoms with E-state index in [0.29, 0.717) is 18.2 Å². The van der Waals surface area contributed by atoms with Gasteiger partial charge in [0.15, 0.2) is 0 Å². The Morgan fingerprint density at radius 2 is 2.10 bits per heavy atom. The zero-order chi connectivity index (χ0) is 14.9. The SMILES string of the molecule is CCOC(=O)c1[nH]c2c(c1C)CC(C)CC2OC(C)=O. The molecule has 110 valence electrons. The van der Waals surface area contributed by atoms with Crippen LogP contribution >= 0.6 is 0 Å². The molecular weight excluding hydrogens is 258 g/mol. The summed E-state index contributed by atoms with van der Waals surface area (Å²) < 4.78 is 10.4. The minimum absolute atomic E-state index is 0.298. The second-order valence-corrected chi connectivity index (χ2v) is 5.38. The lowest BCUT2D eigenvalue weighted by atomic mass is 9.85. The van der Waals surface area contributed by atoms with Gasteiger partial charge in [0.05, 0.1) is 12.3 Å². The molecule has 2 rings (SSSR count). The summed E-state index contributed by atoms with van der Waals surface area (Å²) >= 11 is 0. The van der Waals surface area contributed by atoms with Gasteiger partial charge < -0.3 is 14.5 Å². The molecule has 1 aromatic rings. The summed E-state index contributed by atoms with van der Waals surface area (Å²) in [6, 6.07) is 0. The molecule has 5 nitrogen and oxygen atoms in total. The van der Waals surface area contributed by atoms with Crippen molar-refractivity contribution in [3.8, 4) is 0 Å². The van der Waals surface area contributed by atoms with Gasteiger partial charge in [0.25, 0.3) is 0 Å². The molecule has 1 aliphatic rings. The van der Waals surface area contributed by atoms with Gasteiger partial charge in [0.2, 0.25) is 0 Å². The summed E-state index contributed by atoms with van der Waals surface area (Å²) in [5.74, 6) is -0.245. The van der Waals surface area contributed by atoms with E-state index in [1.807, 2.05) is 6.92 Å². The van der Waals surface area contributed by atoms with Crippen LogP contribution < -0.4 is 0 Å². The van der Waals surface area contributed by atoms with E-state index in [4.69, 9.17) is 9.47 Å². The Morgan fingerprint density at radius 3 is 2.70 bits per heavy atom. The van der Waals surface area contributed by atoms with Crippen LogP contribution in [0.1, 0.15) is 60.6 Å². The average Bonchev–Trinajstić information content (AvgIpc) is 2.67. The summed E-state index contributed by atoms with van der Waals surface area (Å²) in [5, 5.41) is 0. The Balaban J connectivity index is 2.39. The summed E-state index contributed by atoms with van der Waals surface area (Å²) in [5.41, 5.74) is 3.31. The lowest BCUT2D eigenvalue weighted by Gasteiger charge is -2.27. The third kappa shape index (κ3) is 2.71. The molecule has 20 heavy (non-hydrogen) atoms. The highest BCUT2D eigenvalue weighted by Crippen LogP contribution is 2.38. The van der Waals surface area contributed by atoms with E-state index in [-0.39, 0.29) is 18.0 Å². The van der Waals surface area contributed by atoms with E-state index >= 15 is 0 Å². The third-order valence-electron chi connectivity index (χ3n) is 3.69. The van der Waals surface area contributed by atoms with Gasteiger partial charge in [0, 0.05) is 6.92 Å². The number of ether oxygens (including phenoxy) is 2. The highest BCUT2D eigenvalue weighted by Gasteiger charge is 2.32. The van der Waals surface area contributed by atoms with E-state index < -0.39 is 0 Å². The first kappa shape index (κ1) is 14.6. The summed E-state index contributed by atoms with van der Waals surface area (Å²) in [6.45, 7) is 7.55. The molecule has 2 atom stereocenters. The number of hydrogen-bond acceptors (Lipinski definition) is 4. The minimum atomic E-state index is -0.353. The lowest BCUT2D eigenvalue weighted by molar-refractivity contribution is -0.148. The number of aromatic amines is 1.